The summed E-state index contributed by atoms with van der Waals surface area (Å²) in [6.07, 6.45) is 1.67. The molecule has 36 heavy (non-hydrogen) atoms. The Balaban J connectivity index is 1.15. The van der Waals surface area contributed by atoms with Crippen LogP contribution in [0.2, 0.25) is 0 Å². The van der Waals surface area contributed by atoms with Gasteiger partial charge in [-0.05, 0) is 30.3 Å². The van der Waals surface area contributed by atoms with E-state index in [4.69, 9.17) is 0 Å². The minimum Gasteiger partial charge on any atom is -0.351 e. The van der Waals surface area contributed by atoms with Crippen molar-refractivity contribution in [3.05, 3.63) is 66.7 Å². The van der Waals surface area contributed by atoms with Crippen molar-refractivity contribution in [3.8, 4) is 5.69 Å². The second-order valence-corrected chi connectivity index (χ2v) is 8.90. The number of aromatic nitrogens is 5. The maximum absolute atomic E-state index is 13.7. The van der Waals surface area contributed by atoms with Gasteiger partial charge in [0.2, 0.25) is 11.8 Å². The smallest absolute Gasteiger partial charge is 0.228 e. The number of amides is 2. The summed E-state index contributed by atoms with van der Waals surface area (Å²) in [4.78, 5) is 40.1. The van der Waals surface area contributed by atoms with Gasteiger partial charge in [0.1, 0.15) is 12.1 Å². The molecule has 0 spiro atoms. The Morgan fingerprint density at radius 3 is 2.50 bits per heavy atom. The van der Waals surface area contributed by atoms with Crippen LogP contribution in [0.5, 0.6) is 0 Å². The van der Waals surface area contributed by atoms with Crippen LogP contribution in [0, 0.1) is 11.7 Å². The maximum atomic E-state index is 13.7. The molecule has 10 nitrogen and oxygen atoms in total. The Kier molecular flexibility index (Phi) is 5.51. The summed E-state index contributed by atoms with van der Waals surface area (Å²) in [5.41, 5.74) is 2.34. The fraction of sp³-hybridized carbons (Fsp3) is 0.280. The molecule has 2 fully saturated rings. The van der Waals surface area contributed by atoms with Crippen LogP contribution in [-0.4, -0.2) is 74.4 Å². The van der Waals surface area contributed by atoms with Crippen molar-refractivity contribution in [2.24, 2.45) is 5.92 Å². The lowest BCUT2D eigenvalue weighted by atomic mass is 10.1. The average Bonchev–Trinajstić information content (AvgIpc) is 3.53. The first-order valence-electron chi connectivity index (χ1n) is 11.8. The number of piperazine rings is 1. The molecule has 0 radical (unpaired) electrons. The highest BCUT2D eigenvalue weighted by molar-refractivity contribution is 6.00. The predicted octanol–water partition coefficient (Wildman–Crippen LogP) is 2.05. The minimum absolute atomic E-state index is 0.00585. The number of fused-ring (bicyclic) bond motifs is 1. The topological polar surface area (TPSA) is 100 Å². The SMILES string of the molecule is O=C([C@H]1CC(=O)N(c2ccccc2)C1)N1CCN(c2ncnc3c2nnn3-c2cccc(F)c2)CC1. The number of para-hydroxylation sites is 1. The highest BCUT2D eigenvalue weighted by Gasteiger charge is 2.38. The summed E-state index contributed by atoms with van der Waals surface area (Å²) in [5, 5.41) is 8.43. The molecule has 2 aliphatic rings. The molecule has 0 bridgehead atoms. The number of rotatable bonds is 4. The molecule has 182 valence electrons. The van der Waals surface area contributed by atoms with E-state index in [9.17, 15) is 14.0 Å². The zero-order valence-electron chi connectivity index (χ0n) is 19.4. The Morgan fingerprint density at radius 2 is 1.72 bits per heavy atom. The lowest BCUT2D eigenvalue weighted by Gasteiger charge is -2.36. The Bertz CT molecular complexity index is 1430. The highest BCUT2D eigenvalue weighted by Crippen LogP contribution is 2.28. The lowest BCUT2D eigenvalue weighted by Crippen LogP contribution is -2.51. The van der Waals surface area contributed by atoms with Gasteiger partial charge in [-0.15, -0.1) is 5.10 Å². The summed E-state index contributed by atoms with van der Waals surface area (Å²) >= 11 is 0. The molecule has 2 amide bonds. The van der Waals surface area contributed by atoms with E-state index in [1.165, 1.54) is 23.1 Å². The quantitative estimate of drug-likeness (QED) is 0.435. The van der Waals surface area contributed by atoms with Gasteiger partial charge in [0.05, 0.1) is 11.6 Å². The molecule has 4 heterocycles. The van der Waals surface area contributed by atoms with Crippen LogP contribution in [0.1, 0.15) is 6.42 Å². The van der Waals surface area contributed by atoms with E-state index in [-0.39, 0.29) is 30.0 Å². The first kappa shape index (κ1) is 22.1. The molecular weight excluding hydrogens is 463 g/mol. The van der Waals surface area contributed by atoms with Crippen LogP contribution in [0.25, 0.3) is 16.9 Å². The maximum Gasteiger partial charge on any atom is 0.228 e. The summed E-state index contributed by atoms with van der Waals surface area (Å²) in [6.45, 7) is 2.55. The summed E-state index contributed by atoms with van der Waals surface area (Å²) < 4.78 is 15.2. The molecule has 0 unspecified atom stereocenters. The lowest BCUT2D eigenvalue weighted by molar-refractivity contribution is -0.136. The fourth-order valence-corrected chi connectivity index (χ4v) is 4.88. The summed E-state index contributed by atoms with van der Waals surface area (Å²) in [6, 6.07) is 15.5. The average molecular weight is 487 g/mol. The van der Waals surface area contributed by atoms with Crippen LogP contribution in [0.4, 0.5) is 15.9 Å². The van der Waals surface area contributed by atoms with E-state index >= 15 is 0 Å². The third kappa shape index (κ3) is 3.92. The number of carbonyl (C=O) groups is 2. The minimum atomic E-state index is -0.373. The van der Waals surface area contributed by atoms with Gasteiger partial charge < -0.3 is 14.7 Å². The van der Waals surface area contributed by atoms with Gasteiger partial charge in [-0.2, -0.15) is 4.68 Å². The van der Waals surface area contributed by atoms with Crippen LogP contribution in [0.15, 0.2) is 60.9 Å². The number of benzene rings is 2. The Morgan fingerprint density at radius 1 is 0.944 bits per heavy atom. The normalized spacial score (nSPS) is 18.3. The molecule has 2 aromatic heterocycles. The molecule has 0 N–H and O–H groups in total. The largest absolute Gasteiger partial charge is 0.351 e. The molecule has 2 aliphatic heterocycles. The van der Waals surface area contributed by atoms with Crippen molar-refractivity contribution >= 4 is 34.5 Å². The third-order valence-corrected chi connectivity index (χ3v) is 6.70. The van der Waals surface area contributed by atoms with Crippen LogP contribution < -0.4 is 9.80 Å². The molecule has 11 heteroatoms. The molecule has 0 aliphatic carbocycles. The second-order valence-electron chi connectivity index (χ2n) is 8.90. The number of hydrogen-bond donors (Lipinski definition) is 0. The van der Waals surface area contributed by atoms with Crippen molar-refractivity contribution in [1.29, 1.82) is 0 Å². The van der Waals surface area contributed by atoms with Gasteiger partial charge in [0.15, 0.2) is 17.0 Å². The summed E-state index contributed by atoms with van der Waals surface area (Å²) in [7, 11) is 0. The van der Waals surface area contributed by atoms with Crippen molar-refractivity contribution < 1.29 is 14.0 Å². The molecule has 4 aromatic rings. The molecular formula is C25H23FN8O2. The van der Waals surface area contributed by atoms with Crippen molar-refractivity contribution in [2.75, 3.05) is 42.5 Å². The van der Waals surface area contributed by atoms with Gasteiger partial charge in [0, 0.05) is 44.8 Å². The monoisotopic (exact) mass is 486 g/mol. The van der Waals surface area contributed by atoms with Crippen LogP contribution in [0.3, 0.4) is 0 Å². The highest BCUT2D eigenvalue weighted by atomic mass is 19.1. The number of halogens is 1. The fourth-order valence-electron chi connectivity index (χ4n) is 4.88. The van der Waals surface area contributed by atoms with E-state index in [1.54, 1.807) is 17.0 Å². The van der Waals surface area contributed by atoms with Crippen molar-refractivity contribution in [3.63, 3.8) is 0 Å². The van der Waals surface area contributed by atoms with Gasteiger partial charge in [-0.3, -0.25) is 9.59 Å². The van der Waals surface area contributed by atoms with Crippen molar-refractivity contribution in [2.45, 2.75) is 6.42 Å². The molecule has 2 saturated heterocycles. The number of carbonyl (C=O) groups excluding carboxylic acids is 2. The molecule has 0 saturated carbocycles. The van der Waals surface area contributed by atoms with Gasteiger partial charge in [0.25, 0.3) is 0 Å². The standard InChI is InChI=1S/C25H23FN8O2/c26-18-5-4-8-20(14-18)34-24-22(29-30-34)23(27-16-28-24)31-9-11-32(12-10-31)25(36)17-13-21(35)33(15-17)19-6-2-1-3-7-19/h1-8,14,16-17H,9-13,15H2/t17-/m0/s1. The number of anilines is 2. The summed E-state index contributed by atoms with van der Waals surface area (Å²) in [5.74, 6) is -0.112. The molecule has 1 atom stereocenters. The van der Waals surface area contributed by atoms with E-state index in [2.05, 4.69) is 25.2 Å². The van der Waals surface area contributed by atoms with E-state index in [1.807, 2.05) is 35.2 Å². The second kappa shape index (κ2) is 8.99. The zero-order chi connectivity index (χ0) is 24.6. The number of nitrogens with zero attached hydrogens (tertiary/aromatic N) is 8. The van der Waals surface area contributed by atoms with Crippen molar-refractivity contribution in [1.82, 2.24) is 29.9 Å². The van der Waals surface area contributed by atoms with Crippen LogP contribution in [-0.2, 0) is 9.59 Å². The van der Waals surface area contributed by atoms with Gasteiger partial charge in [-0.1, -0.05) is 29.5 Å². The molecule has 6 rings (SSSR count). The predicted molar refractivity (Wildman–Crippen MR) is 130 cm³/mol. The van der Waals surface area contributed by atoms with E-state index in [0.717, 1.165) is 5.69 Å². The zero-order valence-corrected chi connectivity index (χ0v) is 19.4. The Hall–Kier alpha value is -4.41. The first-order valence-corrected chi connectivity index (χ1v) is 11.8. The third-order valence-electron chi connectivity index (χ3n) is 6.70. The van der Waals surface area contributed by atoms with Crippen LogP contribution >= 0.6 is 0 Å². The van der Waals surface area contributed by atoms with Gasteiger partial charge in [-0.25, -0.2) is 14.4 Å². The Labute approximate surface area is 206 Å². The van der Waals surface area contributed by atoms with E-state index < -0.39 is 0 Å². The number of hydrogen-bond acceptors (Lipinski definition) is 7. The van der Waals surface area contributed by atoms with Gasteiger partial charge >= 0.3 is 0 Å². The molecule has 2 aromatic carbocycles. The first-order chi connectivity index (χ1) is 17.6. The van der Waals surface area contributed by atoms with E-state index in [0.29, 0.717) is 55.4 Å².